The van der Waals surface area contributed by atoms with Crippen LogP contribution in [0.25, 0.3) is 0 Å². The molecule has 0 bridgehead atoms. The van der Waals surface area contributed by atoms with Crippen LogP contribution in [0.5, 0.6) is 0 Å². The molecule has 1 aliphatic carbocycles. The van der Waals surface area contributed by atoms with Gasteiger partial charge in [0.25, 0.3) is 5.91 Å². The normalized spacial score (nSPS) is 23.9. The van der Waals surface area contributed by atoms with Crippen molar-refractivity contribution < 1.29 is 18.7 Å². The topological polar surface area (TPSA) is 72.1 Å². The molecule has 2 aromatic rings. The summed E-state index contributed by atoms with van der Waals surface area (Å²) in [5.41, 5.74) is 2.94. The fourth-order valence-electron chi connectivity index (χ4n) is 3.32. The monoisotopic (exact) mass is 366 g/mol. The summed E-state index contributed by atoms with van der Waals surface area (Å²) in [5.74, 6) is 0.300. The molecule has 140 valence electrons. The van der Waals surface area contributed by atoms with E-state index in [1.54, 1.807) is 12.3 Å². The number of benzene rings is 1. The summed E-state index contributed by atoms with van der Waals surface area (Å²) in [5, 5.41) is 5.91. The zero-order valence-corrected chi connectivity index (χ0v) is 15.4. The van der Waals surface area contributed by atoms with Crippen molar-refractivity contribution in [2.75, 3.05) is 6.61 Å². The summed E-state index contributed by atoms with van der Waals surface area (Å²) in [4.78, 5) is 24.6. The number of furan rings is 1. The number of aryl methyl sites for hydroxylation is 1. The molecule has 1 amide bonds. The van der Waals surface area contributed by atoms with Crippen molar-refractivity contribution >= 4 is 17.6 Å². The molecule has 1 fully saturated rings. The van der Waals surface area contributed by atoms with Gasteiger partial charge in [-0.05, 0) is 37.0 Å². The molecule has 0 radical (unpaired) electrons. The smallest absolute Gasteiger partial charge is 0.309 e. The zero-order valence-electron chi connectivity index (χ0n) is 15.4. The number of ether oxygens (including phenoxy) is 1. The Morgan fingerprint density at radius 3 is 2.63 bits per heavy atom. The van der Waals surface area contributed by atoms with Crippen molar-refractivity contribution in [3.8, 4) is 0 Å². The Balaban J connectivity index is 1.51. The molecular formula is C21H22N2O4. The van der Waals surface area contributed by atoms with E-state index in [0.29, 0.717) is 18.1 Å². The predicted octanol–water partition coefficient (Wildman–Crippen LogP) is 3.46. The van der Waals surface area contributed by atoms with Crippen molar-refractivity contribution in [2.24, 2.45) is 16.9 Å². The summed E-state index contributed by atoms with van der Waals surface area (Å²) < 4.78 is 10.7. The molecule has 6 heteroatoms. The largest absolute Gasteiger partial charge is 0.467 e. The number of rotatable bonds is 5. The van der Waals surface area contributed by atoms with Gasteiger partial charge in [-0.15, -0.1) is 0 Å². The summed E-state index contributed by atoms with van der Waals surface area (Å²) in [6.45, 7) is 3.72. The van der Waals surface area contributed by atoms with E-state index in [9.17, 15) is 9.59 Å². The number of hydrogen-bond donors (Lipinski definition) is 0. The van der Waals surface area contributed by atoms with E-state index < -0.39 is 0 Å². The molecule has 3 atom stereocenters. The first-order valence-electron chi connectivity index (χ1n) is 9.19. The highest BCUT2D eigenvalue weighted by atomic mass is 16.5. The fraction of sp³-hybridized carbons (Fsp3) is 0.381. The van der Waals surface area contributed by atoms with E-state index in [4.69, 9.17) is 9.15 Å². The lowest BCUT2D eigenvalue weighted by atomic mass is 10.0. The molecule has 6 nitrogen and oxygen atoms in total. The minimum atomic E-state index is -0.347. The average molecular weight is 366 g/mol. The maximum atomic E-state index is 12.7. The summed E-state index contributed by atoms with van der Waals surface area (Å²) in [7, 11) is 0. The lowest BCUT2D eigenvalue weighted by Crippen LogP contribution is -2.31. The highest BCUT2D eigenvalue weighted by molar-refractivity contribution is 6.03. The van der Waals surface area contributed by atoms with Crippen LogP contribution in [0.1, 0.15) is 42.7 Å². The second kappa shape index (κ2) is 7.02. The van der Waals surface area contributed by atoms with Gasteiger partial charge in [0.2, 0.25) is 0 Å². The highest BCUT2D eigenvalue weighted by Crippen LogP contribution is 2.38. The van der Waals surface area contributed by atoms with Crippen LogP contribution in [0, 0.1) is 18.8 Å². The van der Waals surface area contributed by atoms with Gasteiger partial charge in [-0.1, -0.05) is 36.8 Å². The van der Waals surface area contributed by atoms with E-state index in [1.165, 1.54) is 5.01 Å². The van der Waals surface area contributed by atoms with Crippen LogP contribution in [0.15, 0.2) is 52.2 Å². The molecule has 1 aromatic carbocycles. The van der Waals surface area contributed by atoms with Crippen LogP contribution in [0.3, 0.4) is 0 Å². The number of nitrogens with zero attached hydrogens (tertiary/aromatic N) is 2. The summed E-state index contributed by atoms with van der Waals surface area (Å²) >= 11 is 0. The van der Waals surface area contributed by atoms with E-state index >= 15 is 0 Å². The molecule has 27 heavy (non-hydrogen) atoms. The minimum Gasteiger partial charge on any atom is -0.467 e. The average Bonchev–Trinajstić information content (AvgIpc) is 3.08. The lowest BCUT2D eigenvalue weighted by molar-refractivity contribution is -0.154. The van der Waals surface area contributed by atoms with Crippen LogP contribution < -0.4 is 0 Å². The Hall–Kier alpha value is -2.89. The first kappa shape index (κ1) is 17.5. The number of esters is 1. The molecule has 0 unspecified atom stereocenters. The molecule has 2 heterocycles. The van der Waals surface area contributed by atoms with Gasteiger partial charge in [0.1, 0.15) is 11.8 Å². The van der Waals surface area contributed by atoms with Crippen molar-refractivity contribution in [3.63, 3.8) is 0 Å². The zero-order chi connectivity index (χ0) is 19.0. The quantitative estimate of drug-likeness (QED) is 0.760. The van der Waals surface area contributed by atoms with Gasteiger partial charge >= 0.3 is 5.97 Å². The summed E-state index contributed by atoms with van der Waals surface area (Å²) in [6, 6.07) is 11.3. The third kappa shape index (κ3) is 3.65. The SMILES string of the molecule is Cc1ccc(C2=NN(C(=O)COC(=O)[C@H]3C[C@@H]3C)[C@@H](c3ccco3)C2)cc1. The molecule has 2 aliphatic rings. The molecule has 4 rings (SSSR count). The van der Waals surface area contributed by atoms with E-state index in [2.05, 4.69) is 5.10 Å². The van der Waals surface area contributed by atoms with Gasteiger partial charge in [0.15, 0.2) is 6.61 Å². The van der Waals surface area contributed by atoms with Crippen LogP contribution in [0.4, 0.5) is 0 Å². The van der Waals surface area contributed by atoms with Gasteiger partial charge in [0, 0.05) is 6.42 Å². The van der Waals surface area contributed by atoms with Crippen molar-refractivity contribution in [1.82, 2.24) is 5.01 Å². The second-order valence-corrected chi connectivity index (χ2v) is 7.31. The van der Waals surface area contributed by atoms with Crippen LogP contribution in [-0.4, -0.2) is 29.2 Å². The molecule has 1 aromatic heterocycles. The Bertz CT molecular complexity index is 870. The molecule has 1 aliphatic heterocycles. The van der Waals surface area contributed by atoms with E-state index in [-0.39, 0.29) is 30.4 Å². The standard InChI is InChI=1S/C21H22N2O4/c1-13-5-7-15(8-6-13)17-11-18(19-4-3-9-26-19)23(22-17)20(24)12-27-21(25)16-10-14(16)2/h3-9,14,16,18H,10-12H2,1-2H3/t14-,16-,18+/m0/s1. The Kier molecular flexibility index (Phi) is 4.56. The van der Waals surface area contributed by atoms with Gasteiger partial charge in [-0.2, -0.15) is 5.10 Å². The first-order chi connectivity index (χ1) is 13.0. The molecule has 0 saturated heterocycles. The predicted molar refractivity (Wildman–Crippen MR) is 98.9 cm³/mol. The Morgan fingerprint density at radius 1 is 1.26 bits per heavy atom. The summed E-state index contributed by atoms with van der Waals surface area (Å²) in [6.07, 6.45) is 2.97. The number of hydrogen-bond acceptors (Lipinski definition) is 5. The Morgan fingerprint density at radius 2 is 2.00 bits per heavy atom. The van der Waals surface area contributed by atoms with Crippen LogP contribution in [-0.2, 0) is 14.3 Å². The Labute approximate surface area is 157 Å². The number of amides is 1. The fourth-order valence-corrected chi connectivity index (χ4v) is 3.32. The molecular weight excluding hydrogens is 344 g/mol. The maximum Gasteiger partial charge on any atom is 0.309 e. The number of carbonyl (C=O) groups excluding carboxylic acids is 2. The lowest BCUT2D eigenvalue weighted by Gasteiger charge is -2.19. The van der Waals surface area contributed by atoms with Crippen molar-refractivity contribution in [3.05, 3.63) is 59.5 Å². The van der Waals surface area contributed by atoms with Gasteiger partial charge in [-0.25, -0.2) is 5.01 Å². The van der Waals surface area contributed by atoms with E-state index in [0.717, 1.165) is 23.3 Å². The van der Waals surface area contributed by atoms with Gasteiger partial charge in [0.05, 0.1) is 17.9 Å². The minimum absolute atomic E-state index is 0.0659. The third-order valence-electron chi connectivity index (χ3n) is 5.17. The number of carbonyl (C=O) groups is 2. The third-order valence-corrected chi connectivity index (χ3v) is 5.17. The van der Waals surface area contributed by atoms with Gasteiger partial charge < -0.3 is 9.15 Å². The maximum absolute atomic E-state index is 12.7. The number of hydrazone groups is 1. The van der Waals surface area contributed by atoms with Crippen LogP contribution >= 0.6 is 0 Å². The van der Waals surface area contributed by atoms with Crippen molar-refractivity contribution in [1.29, 1.82) is 0 Å². The molecule has 0 N–H and O–H groups in total. The van der Waals surface area contributed by atoms with Crippen LogP contribution in [0.2, 0.25) is 0 Å². The van der Waals surface area contributed by atoms with Crippen molar-refractivity contribution in [2.45, 2.75) is 32.7 Å². The van der Waals surface area contributed by atoms with E-state index in [1.807, 2.05) is 44.2 Å². The first-order valence-corrected chi connectivity index (χ1v) is 9.19. The van der Waals surface area contributed by atoms with Gasteiger partial charge in [-0.3, -0.25) is 9.59 Å². The second-order valence-electron chi connectivity index (χ2n) is 7.31. The molecule has 1 saturated carbocycles. The highest BCUT2D eigenvalue weighted by Gasteiger charge is 2.41. The molecule has 0 spiro atoms.